The average Bonchev–Trinajstić information content (AvgIpc) is 3.49. The van der Waals surface area contributed by atoms with Crippen molar-refractivity contribution in [2.24, 2.45) is 10.9 Å². The molecule has 0 bridgehead atoms. The summed E-state index contributed by atoms with van der Waals surface area (Å²) < 4.78 is 0. The fraction of sp³-hybridized carbons (Fsp3) is 0.526. The van der Waals surface area contributed by atoms with Crippen LogP contribution in [0.2, 0.25) is 0 Å². The van der Waals surface area contributed by atoms with Crippen LogP contribution in [0.3, 0.4) is 0 Å². The van der Waals surface area contributed by atoms with Gasteiger partial charge < -0.3 is 41.6 Å². The second-order valence-electron chi connectivity index (χ2n) is 8.82. The highest BCUT2D eigenvalue weighted by Gasteiger charge is 2.66. The van der Waals surface area contributed by atoms with Gasteiger partial charge in [0.05, 0.1) is 12.6 Å². The van der Waals surface area contributed by atoms with E-state index in [9.17, 15) is 34.2 Å². The number of oxime groups is 1. The van der Waals surface area contributed by atoms with E-state index < -0.39 is 63.3 Å². The van der Waals surface area contributed by atoms with Gasteiger partial charge in [-0.1, -0.05) is 16.9 Å². The highest BCUT2D eigenvalue weighted by Crippen LogP contribution is 2.49. The molecular weight excluding hydrogens is 518 g/mol. The van der Waals surface area contributed by atoms with E-state index in [4.69, 9.17) is 16.3 Å². The van der Waals surface area contributed by atoms with Gasteiger partial charge in [-0.05, 0) is 20.3 Å². The minimum absolute atomic E-state index is 0.00424. The van der Waals surface area contributed by atoms with Crippen molar-refractivity contribution >= 4 is 63.6 Å². The summed E-state index contributed by atoms with van der Waals surface area (Å²) in [5.41, 5.74) is 9.20. The van der Waals surface area contributed by atoms with E-state index in [2.05, 4.69) is 15.5 Å². The molecule has 4 atom stereocenters. The van der Waals surface area contributed by atoms with Crippen molar-refractivity contribution in [2.75, 3.05) is 18.8 Å². The SMILES string of the molecule is CC(C)(O/N=C(/C(=O)N[C@@H]1C(=O)N2C[C@@](C(=O)O)(N3CC[C@H](N)C3=O)S[C@H]12)c1csc(N)n1)C(=O)O. The van der Waals surface area contributed by atoms with Gasteiger partial charge in [0.2, 0.25) is 22.3 Å². The first-order valence-corrected chi connectivity index (χ1v) is 12.3. The summed E-state index contributed by atoms with van der Waals surface area (Å²) in [6.07, 6.45) is 0.288. The Morgan fingerprint density at radius 1 is 1.31 bits per heavy atom. The molecule has 0 spiro atoms. The van der Waals surface area contributed by atoms with Crippen molar-refractivity contribution < 1.29 is 39.0 Å². The first kappa shape index (κ1) is 25.6. The average molecular weight is 542 g/mol. The number of carboxylic acid groups (broad SMARTS) is 2. The number of β-lactam (4-membered cyclic amide) rings is 1. The van der Waals surface area contributed by atoms with Gasteiger partial charge in [0.15, 0.2) is 10.8 Å². The van der Waals surface area contributed by atoms with Crippen LogP contribution in [0.4, 0.5) is 5.13 Å². The fourth-order valence-electron chi connectivity index (χ4n) is 3.88. The molecule has 3 saturated heterocycles. The first-order valence-electron chi connectivity index (χ1n) is 10.6. The molecular formula is C19H23N7O8S2. The monoisotopic (exact) mass is 541 g/mol. The van der Waals surface area contributed by atoms with Gasteiger partial charge in [-0.2, -0.15) is 0 Å². The van der Waals surface area contributed by atoms with Crippen LogP contribution in [-0.2, 0) is 28.8 Å². The molecule has 0 aromatic carbocycles. The summed E-state index contributed by atoms with van der Waals surface area (Å²) >= 11 is 1.87. The number of aliphatic carboxylic acids is 2. The van der Waals surface area contributed by atoms with Crippen LogP contribution in [0.25, 0.3) is 0 Å². The first-order chi connectivity index (χ1) is 16.8. The summed E-state index contributed by atoms with van der Waals surface area (Å²) in [5, 5.41) is 26.2. The van der Waals surface area contributed by atoms with E-state index in [0.717, 1.165) is 23.1 Å². The number of thioether (sulfide) groups is 1. The molecule has 3 aliphatic rings. The van der Waals surface area contributed by atoms with Crippen LogP contribution in [-0.4, -0.2) is 101 Å². The van der Waals surface area contributed by atoms with E-state index in [1.165, 1.54) is 29.0 Å². The van der Waals surface area contributed by atoms with E-state index in [0.29, 0.717) is 0 Å². The molecule has 4 heterocycles. The topological polar surface area (TPSA) is 231 Å². The molecule has 0 aliphatic carbocycles. The van der Waals surface area contributed by atoms with Crippen molar-refractivity contribution in [3.05, 3.63) is 11.1 Å². The Balaban J connectivity index is 1.55. The lowest BCUT2D eigenvalue weighted by molar-refractivity contribution is -0.161. The fourth-order valence-corrected chi connectivity index (χ4v) is 6.07. The summed E-state index contributed by atoms with van der Waals surface area (Å²) in [6, 6.07) is -1.95. The normalized spacial score (nSPS) is 28.1. The molecule has 194 valence electrons. The molecule has 0 saturated carbocycles. The van der Waals surface area contributed by atoms with Gasteiger partial charge in [-0.3, -0.25) is 14.4 Å². The number of aromatic nitrogens is 1. The highest BCUT2D eigenvalue weighted by molar-refractivity contribution is 8.02. The zero-order valence-electron chi connectivity index (χ0n) is 19.0. The number of nitrogens with one attached hydrogen (secondary N) is 1. The predicted molar refractivity (Wildman–Crippen MR) is 126 cm³/mol. The van der Waals surface area contributed by atoms with Gasteiger partial charge in [0.1, 0.15) is 17.1 Å². The molecule has 0 radical (unpaired) electrons. The number of thiazole rings is 1. The van der Waals surface area contributed by atoms with Crippen molar-refractivity contribution in [1.82, 2.24) is 20.1 Å². The van der Waals surface area contributed by atoms with E-state index in [1.807, 2.05) is 0 Å². The third kappa shape index (κ3) is 4.11. The van der Waals surface area contributed by atoms with Crippen LogP contribution in [0.15, 0.2) is 10.5 Å². The quantitative estimate of drug-likeness (QED) is 0.137. The number of carbonyl (C=O) groups is 5. The number of likely N-dealkylation sites (tertiary alicyclic amines) is 1. The van der Waals surface area contributed by atoms with E-state index in [1.54, 1.807) is 0 Å². The van der Waals surface area contributed by atoms with Crippen molar-refractivity contribution in [3.63, 3.8) is 0 Å². The summed E-state index contributed by atoms with van der Waals surface area (Å²) in [7, 11) is 0. The summed E-state index contributed by atoms with van der Waals surface area (Å²) in [4.78, 5) is 71.7. The molecule has 0 unspecified atom stereocenters. The van der Waals surface area contributed by atoms with Crippen LogP contribution in [0.1, 0.15) is 26.0 Å². The molecule has 15 nitrogen and oxygen atoms in total. The Labute approximate surface area is 211 Å². The minimum Gasteiger partial charge on any atom is -0.479 e. The number of carboxylic acids is 2. The number of nitrogens with two attached hydrogens (primary N) is 2. The largest absolute Gasteiger partial charge is 0.479 e. The molecule has 4 rings (SSSR count). The smallest absolute Gasteiger partial charge is 0.350 e. The lowest BCUT2D eigenvalue weighted by Gasteiger charge is -2.41. The van der Waals surface area contributed by atoms with Crippen LogP contribution in [0.5, 0.6) is 0 Å². The summed E-state index contributed by atoms with van der Waals surface area (Å²) in [5.74, 6) is -4.62. The van der Waals surface area contributed by atoms with Crippen molar-refractivity contribution in [2.45, 2.75) is 48.2 Å². The maximum atomic E-state index is 13.1. The number of nitrogen functional groups attached to an aromatic ring is 1. The molecule has 3 fully saturated rings. The Morgan fingerprint density at radius 3 is 2.53 bits per heavy atom. The molecule has 7 N–H and O–H groups in total. The van der Waals surface area contributed by atoms with Gasteiger partial charge >= 0.3 is 11.9 Å². The van der Waals surface area contributed by atoms with Gasteiger partial charge in [-0.15, -0.1) is 11.3 Å². The Bertz CT molecular complexity index is 1190. The number of anilines is 1. The van der Waals surface area contributed by atoms with Crippen molar-refractivity contribution in [1.29, 1.82) is 0 Å². The molecule has 36 heavy (non-hydrogen) atoms. The Kier molecular flexibility index (Phi) is 6.34. The number of rotatable bonds is 8. The van der Waals surface area contributed by atoms with E-state index in [-0.39, 0.29) is 30.3 Å². The zero-order chi connectivity index (χ0) is 26.6. The third-order valence-electron chi connectivity index (χ3n) is 6.01. The lowest BCUT2D eigenvalue weighted by Crippen LogP contribution is -2.68. The second kappa shape index (κ2) is 8.90. The van der Waals surface area contributed by atoms with Gasteiger partial charge in [-0.25, -0.2) is 14.6 Å². The number of nitrogens with zero attached hydrogens (tertiary/aromatic N) is 4. The summed E-state index contributed by atoms with van der Waals surface area (Å²) in [6.45, 7) is 2.32. The van der Waals surface area contributed by atoms with Crippen LogP contribution in [0, 0.1) is 0 Å². The maximum Gasteiger partial charge on any atom is 0.350 e. The molecule has 3 amide bonds. The highest BCUT2D eigenvalue weighted by atomic mass is 32.2. The van der Waals surface area contributed by atoms with Crippen LogP contribution < -0.4 is 16.8 Å². The zero-order valence-corrected chi connectivity index (χ0v) is 20.7. The lowest BCUT2D eigenvalue weighted by atomic mass is 10.1. The number of hydrogen-bond acceptors (Lipinski definition) is 12. The molecule has 3 aliphatic heterocycles. The number of hydrogen-bond donors (Lipinski definition) is 5. The Morgan fingerprint density at radius 2 is 2.00 bits per heavy atom. The number of carbonyl (C=O) groups excluding carboxylic acids is 3. The van der Waals surface area contributed by atoms with E-state index >= 15 is 0 Å². The third-order valence-corrected chi connectivity index (χ3v) is 8.36. The van der Waals surface area contributed by atoms with Crippen molar-refractivity contribution in [3.8, 4) is 0 Å². The molecule has 17 heteroatoms. The van der Waals surface area contributed by atoms with Crippen LogP contribution >= 0.6 is 23.1 Å². The van der Waals surface area contributed by atoms with Gasteiger partial charge in [0, 0.05) is 11.9 Å². The minimum atomic E-state index is -1.78. The number of fused-ring (bicyclic) bond motifs is 1. The second-order valence-corrected chi connectivity index (χ2v) is 11.1. The predicted octanol–water partition coefficient (Wildman–Crippen LogP) is -1.95. The Hall–Kier alpha value is -3.44. The number of amides is 3. The molecule has 1 aromatic rings. The maximum absolute atomic E-state index is 13.1. The molecule has 1 aromatic heterocycles. The van der Waals surface area contributed by atoms with Gasteiger partial charge in [0.25, 0.3) is 5.91 Å². The standard InChI is InChI=1S/C19H23N7O8S2/c1-18(2,15(30)31)34-24-9(8-5-35-17(21)22-8)11(27)23-10-13(29)25-6-19(16(32)33,36-14(10)25)26-4-3-7(20)12(26)28/h5,7,10,14H,3-4,6,20H2,1-2H3,(H2,21,22)(H,23,27)(H,30,31)(H,32,33)/b24-9+/t7-,10+,14+,19+/m0/s1.